The van der Waals surface area contributed by atoms with Crippen molar-refractivity contribution < 1.29 is 14.0 Å². The zero-order valence-electron chi connectivity index (χ0n) is 17.0. The topological polar surface area (TPSA) is 49.4 Å². The maximum atomic E-state index is 13.1. The van der Waals surface area contributed by atoms with E-state index in [9.17, 15) is 14.0 Å². The van der Waals surface area contributed by atoms with Crippen LogP contribution >= 0.6 is 0 Å². The van der Waals surface area contributed by atoms with E-state index >= 15 is 0 Å². The molecular formula is C25H27FN2O2. The maximum Gasteiger partial charge on any atom is 0.247 e. The molecule has 0 bridgehead atoms. The van der Waals surface area contributed by atoms with E-state index in [0.717, 1.165) is 36.8 Å². The highest BCUT2D eigenvalue weighted by Crippen LogP contribution is 2.40. The van der Waals surface area contributed by atoms with Gasteiger partial charge in [0.1, 0.15) is 11.9 Å². The number of carbonyl (C=O) groups excluding carboxylic acids is 2. The molecule has 0 radical (unpaired) electrons. The Morgan fingerprint density at radius 2 is 1.77 bits per heavy atom. The number of likely N-dealkylation sites (tertiary alicyclic amines) is 1. The van der Waals surface area contributed by atoms with Crippen molar-refractivity contribution in [3.05, 3.63) is 77.6 Å². The maximum absolute atomic E-state index is 13.1. The molecule has 1 aliphatic carbocycles. The third kappa shape index (κ3) is 4.61. The molecule has 3 atom stereocenters. The summed E-state index contributed by atoms with van der Waals surface area (Å²) in [6.45, 7) is 0.326. The number of amides is 2. The van der Waals surface area contributed by atoms with Gasteiger partial charge in [-0.05, 0) is 54.5 Å². The molecule has 4 rings (SSSR count). The molecule has 2 aromatic carbocycles. The number of benzene rings is 2. The Hall–Kier alpha value is -2.95. The Balaban J connectivity index is 1.47. The van der Waals surface area contributed by atoms with Gasteiger partial charge in [-0.15, -0.1) is 0 Å². The summed E-state index contributed by atoms with van der Waals surface area (Å²) in [6.07, 6.45) is 8.39. The molecule has 156 valence electrons. The smallest absolute Gasteiger partial charge is 0.247 e. The second-order valence-corrected chi connectivity index (χ2v) is 8.20. The predicted molar refractivity (Wildman–Crippen MR) is 115 cm³/mol. The molecule has 30 heavy (non-hydrogen) atoms. The van der Waals surface area contributed by atoms with Gasteiger partial charge in [-0.25, -0.2) is 4.39 Å². The molecule has 4 nitrogen and oxygen atoms in total. The number of nitrogens with zero attached hydrogens (tertiary/aromatic N) is 1. The van der Waals surface area contributed by atoms with Crippen molar-refractivity contribution in [3.8, 4) is 0 Å². The molecule has 2 amide bonds. The first-order valence-electron chi connectivity index (χ1n) is 10.7. The van der Waals surface area contributed by atoms with Gasteiger partial charge in [0.25, 0.3) is 0 Å². The summed E-state index contributed by atoms with van der Waals surface area (Å²) in [5.74, 6) is -0.147. The van der Waals surface area contributed by atoms with E-state index in [0.29, 0.717) is 18.9 Å². The van der Waals surface area contributed by atoms with E-state index in [1.165, 1.54) is 12.1 Å². The summed E-state index contributed by atoms with van der Waals surface area (Å²) in [7, 11) is 0. The van der Waals surface area contributed by atoms with Crippen molar-refractivity contribution in [2.45, 2.75) is 50.7 Å². The zero-order valence-corrected chi connectivity index (χ0v) is 17.0. The summed E-state index contributed by atoms with van der Waals surface area (Å²) < 4.78 is 13.1. The lowest BCUT2D eigenvalue weighted by Crippen LogP contribution is -2.48. The largest absolute Gasteiger partial charge is 0.350 e. The Bertz CT molecular complexity index is 911. The van der Waals surface area contributed by atoms with E-state index in [1.807, 2.05) is 41.3 Å². The second kappa shape index (κ2) is 9.24. The van der Waals surface area contributed by atoms with Crippen LogP contribution in [0.1, 0.15) is 43.2 Å². The van der Waals surface area contributed by atoms with Gasteiger partial charge in [0.15, 0.2) is 0 Å². The van der Waals surface area contributed by atoms with Gasteiger partial charge in [0.2, 0.25) is 11.8 Å². The first kappa shape index (κ1) is 20.3. The number of carbonyl (C=O) groups is 2. The minimum absolute atomic E-state index is 0.102. The fourth-order valence-electron chi connectivity index (χ4n) is 4.74. The van der Waals surface area contributed by atoms with Crippen LogP contribution in [0.5, 0.6) is 0 Å². The van der Waals surface area contributed by atoms with Crippen molar-refractivity contribution in [1.29, 1.82) is 0 Å². The van der Waals surface area contributed by atoms with E-state index in [2.05, 4.69) is 5.32 Å². The SMILES string of the molecule is O=C(NCc1ccc(F)cc1)C1CC2CCCCC2N1C(=O)/C=C/c1ccccc1. The third-order valence-electron chi connectivity index (χ3n) is 6.24. The summed E-state index contributed by atoms with van der Waals surface area (Å²) in [6, 6.07) is 15.5. The van der Waals surface area contributed by atoms with Crippen LogP contribution in [-0.4, -0.2) is 28.8 Å². The molecule has 1 saturated carbocycles. The van der Waals surface area contributed by atoms with Crippen LogP contribution < -0.4 is 5.32 Å². The number of rotatable bonds is 5. The minimum atomic E-state index is -0.452. The van der Waals surface area contributed by atoms with Gasteiger partial charge >= 0.3 is 0 Å². The summed E-state index contributed by atoms with van der Waals surface area (Å²) in [5, 5.41) is 2.95. The van der Waals surface area contributed by atoms with Gasteiger partial charge in [-0.1, -0.05) is 55.3 Å². The molecule has 2 aromatic rings. The number of fused-ring (bicyclic) bond motifs is 1. The lowest BCUT2D eigenvalue weighted by atomic mass is 9.84. The molecule has 2 aliphatic rings. The van der Waals surface area contributed by atoms with Gasteiger partial charge in [-0.3, -0.25) is 9.59 Å². The first-order valence-corrected chi connectivity index (χ1v) is 10.7. The van der Waals surface area contributed by atoms with Gasteiger partial charge in [0, 0.05) is 18.7 Å². The lowest BCUT2D eigenvalue weighted by molar-refractivity contribution is -0.137. The van der Waals surface area contributed by atoms with E-state index in [4.69, 9.17) is 0 Å². The van der Waals surface area contributed by atoms with Crippen LogP contribution in [0.15, 0.2) is 60.7 Å². The summed E-state index contributed by atoms with van der Waals surface area (Å²) in [4.78, 5) is 27.9. The second-order valence-electron chi connectivity index (χ2n) is 8.20. The third-order valence-corrected chi connectivity index (χ3v) is 6.24. The van der Waals surface area contributed by atoms with Crippen LogP contribution in [0.3, 0.4) is 0 Å². The van der Waals surface area contributed by atoms with E-state index in [1.54, 1.807) is 18.2 Å². The van der Waals surface area contributed by atoms with Crippen molar-refractivity contribution in [2.24, 2.45) is 5.92 Å². The fourth-order valence-corrected chi connectivity index (χ4v) is 4.74. The van der Waals surface area contributed by atoms with E-state index < -0.39 is 6.04 Å². The summed E-state index contributed by atoms with van der Waals surface area (Å²) in [5.41, 5.74) is 1.80. The number of nitrogens with one attached hydrogen (secondary N) is 1. The highest BCUT2D eigenvalue weighted by Gasteiger charge is 2.46. The molecule has 0 aromatic heterocycles. The van der Waals surface area contributed by atoms with Crippen molar-refractivity contribution in [3.63, 3.8) is 0 Å². The molecule has 1 saturated heterocycles. The number of hydrogen-bond acceptors (Lipinski definition) is 2. The predicted octanol–water partition coefficient (Wildman–Crippen LogP) is 4.32. The van der Waals surface area contributed by atoms with Crippen LogP contribution in [0.2, 0.25) is 0 Å². The Kier molecular flexibility index (Phi) is 6.26. The normalized spacial score (nSPS) is 23.4. The molecule has 1 heterocycles. The Morgan fingerprint density at radius 1 is 1.03 bits per heavy atom. The quantitative estimate of drug-likeness (QED) is 0.752. The fraction of sp³-hybridized carbons (Fsp3) is 0.360. The standard InChI is InChI=1S/C25H27FN2O2/c26-21-13-10-19(11-14-21)17-27-25(30)23-16-20-8-4-5-9-22(20)28(23)24(29)15-12-18-6-2-1-3-7-18/h1-3,6-7,10-15,20,22-23H,4-5,8-9,16-17H2,(H,27,30)/b15-12+. The van der Waals surface area contributed by atoms with Gasteiger partial charge in [-0.2, -0.15) is 0 Å². The highest BCUT2D eigenvalue weighted by molar-refractivity contribution is 5.96. The summed E-state index contributed by atoms with van der Waals surface area (Å²) >= 11 is 0. The Labute approximate surface area is 176 Å². The monoisotopic (exact) mass is 406 g/mol. The first-order chi connectivity index (χ1) is 14.6. The van der Waals surface area contributed by atoms with Gasteiger partial charge < -0.3 is 10.2 Å². The average molecular weight is 407 g/mol. The lowest BCUT2D eigenvalue weighted by Gasteiger charge is -2.33. The molecule has 1 N–H and O–H groups in total. The highest BCUT2D eigenvalue weighted by atomic mass is 19.1. The van der Waals surface area contributed by atoms with Crippen LogP contribution in [0.4, 0.5) is 4.39 Å². The molecule has 0 spiro atoms. The molecule has 5 heteroatoms. The molecular weight excluding hydrogens is 379 g/mol. The number of halogens is 1. The van der Waals surface area contributed by atoms with Gasteiger partial charge in [0.05, 0.1) is 0 Å². The minimum Gasteiger partial charge on any atom is -0.350 e. The van der Waals surface area contributed by atoms with Crippen molar-refractivity contribution in [2.75, 3.05) is 0 Å². The molecule has 3 unspecified atom stereocenters. The molecule has 2 fully saturated rings. The number of hydrogen-bond donors (Lipinski definition) is 1. The molecule has 1 aliphatic heterocycles. The van der Waals surface area contributed by atoms with Crippen molar-refractivity contribution in [1.82, 2.24) is 10.2 Å². The van der Waals surface area contributed by atoms with Crippen LogP contribution in [-0.2, 0) is 16.1 Å². The zero-order chi connectivity index (χ0) is 20.9. The van der Waals surface area contributed by atoms with Crippen LogP contribution in [0, 0.1) is 11.7 Å². The van der Waals surface area contributed by atoms with Crippen LogP contribution in [0.25, 0.3) is 6.08 Å². The van der Waals surface area contributed by atoms with Crippen molar-refractivity contribution >= 4 is 17.9 Å². The Morgan fingerprint density at radius 3 is 2.53 bits per heavy atom. The average Bonchev–Trinajstić information content (AvgIpc) is 3.17. The van der Waals surface area contributed by atoms with E-state index in [-0.39, 0.29) is 23.7 Å².